The van der Waals surface area contributed by atoms with Crippen LogP contribution in [0.4, 0.5) is 5.13 Å². The first-order valence-electron chi connectivity index (χ1n) is 10.1. The zero-order chi connectivity index (χ0) is 23.3. The number of morpholine rings is 1. The van der Waals surface area contributed by atoms with Crippen LogP contribution in [0.25, 0.3) is 0 Å². The van der Waals surface area contributed by atoms with E-state index in [0.717, 1.165) is 9.90 Å². The number of anilines is 1. The lowest BCUT2D eigenvalue weighted by molar-refractivity contribution is 0.0730. The van der Waals surface area contributed by atoms with Crippen molar-refractivity contribution < 1.29 is 17.9 Å². The molecule has 8 nitrogen and oxygen atoms in total. The summed E-state index contributed by atoms with van der Waals surface area (Å²) in [5, 5.41) is 12.4. The lowest BCUT2D eigenvalue weighted by Gasteiger charge is -2.26. The Morgan fingerprint density at radius 3 is 2.58 bits per heavy atom. The predicted octanol–water partition coefficient (Wildman–Crippen LogP) is 3.80. The van der Waals surface area contributed by atoms with Gasteiger partial charge in [0.05, 0.1) is 24.7 Å². The number of ether oxygens (including phenoxy) is 1. The van der Waals surface area contributed by atoms with Gasteiger partial charge in [-0.15, -0.1) is 10.2 Å². The SMILES string of the molecule is O=C(CNc1nnc(SCc2ccccc2Cl)s1)c1ccc(S(=O)(=O)N2CCOCC2)cc1. The summed E-state index contributed by atoms with van der Waals surface area (Å²) < 4.78 is 32.8. The average molecular weight is 525 g/mol. The number of benzene rings is 2. The molecule has 33 heavy (non-hydrogen) atoms. The van der Waals surface area contributed by atoms with Gasteiger partial charge in [0.15, 0.2) is 10.1 Å². The maximum Gasteiger partial charge on any atom is 0.243 e. The Morgan fingerprint density at radius 2 is 1.85 bits per heavy atom. The Morgan fingerprint density at radius 1 is 1.12 bits per heavy atom. The zero-order valence-electron chi connectivity index (χ0n) is 17.4. The molecule has 0 aliphatic carbocycles. The van der Waals surface area contributed by atoms with Crippen molar-refractivity contribution in [3.63, 3.8) is 0 Å². The summed E-state index contributed by atoms with van der Waals surface area (Å²) in [7, 11) is -3.59. The number of hydrogen-bond acceptors (Lipinski definition) is 9. The highest BCUT2D eigenvalue weighted by molar-refractivity contribution is 8.00. The van der Waals surface area contributed by atoms with E-state index in [2.05, 4.69) is 15.5 Å². The van der Waals surface area contributed by atoms with E-state index < -0.39 is 10.0 Å². The number of nitrogens with zero attached hydrogens (tertiary/aromatic N) is 3. The molecule has 0 bridgehead atoms. The van der Waals surface area contributed by atoms with E-state index in [4.69, 9.17) is 16.3 Å². The van der Waals surface area contributed by atoms with Crippen LogP contribution in [0.2, 0.25) is 5.02 Å². The van der Waals surface area contributed by atoms with Gasteiger partial charge >= 0.3 is 0 Å². The number of rotatable bonds is 9. The van der Waals surface area contributed by atoms with Crippen LogP contribution in [-0.4, -0.2) is 61.6 Å². The second-order valence-electron chi connectivity index (χ2n) is 7.07. The molecule has 0 amide bonds. The number of hydrogen-bond donors (Lipinski definition) is 1. The summed E-state index contributed by atoms with van der Waals surface area (Å²) >= 11 is 9.05. The fourth-order valence-corrected chi connectivity index (χ4v) is 6.54. The number of Topliss-reactive ketones (excluding diaryl/α,β-unsaturated/α-hetero) is 1. The van der Waals surface area contributed by atoms with E-state index in [0.29, 0.717) is 47.8 Å². The third-order valence-electron chi connectivity index (χ3n) is 4.90. The molecule has 1 saturated heterocycles. The molecule has 2 aromatic carbocycles. The molecular formula is C21H21ClN4O4S3. The Labute approximate surface area is 205 Å². The molecule has 0 spiro atoms. The van der Waals surface area contributed by atoms with Gasteiger partial charge in [0, 0.05) is 29.4 Å². The molecule has 4 rings (SSSR count). The third-order valence-corrected chi connectivity index (χ3v) is 9.24. The zero-order valence-corrected chi connectivity index (χ0v) is 20.6. The highest BCUT2D eigenvalue weighted by atomic mass is 35.5. The molecule has 0 atom stereocenters. The van der Waals surface area contributed by atoms with Crippen molar-refractivity contribution in [2.45, 2.75) is 15.0 Å². The lowest BCUT2D eigenvalue weighted by Crippen LogP contribution is -2.40. The third kappa shape index (κ3) is 6.11. The number of aromatic nitrogens is 2. The maximum atomic E-state index is 12.7. The first-order valence-corrected chi connectivity index (χ1v) is 13.7. The second-order valence-corrected chi connectivity index (χ2v) is 11.6. The van der Waals surface area contributed by atoms with Crippen LogP contribution in [0.1, 0.15) is 15.9 Å². The summed E-state index contributed by atoms with van der Waals surface area (Å²) in [6.07, 6.45) is 0. The number of carbonyl (C=O) groups is 1. The summed E-state index contributed by atoms with van der Waals surface area (Å²) in [6.45, 7) is 1.45. The van der Waals surface area contributed by atoms with E-state index in [-0.39, 0.29) is 17.2 Å². The molecule has 0 radical (unpaired) electrons. The molecule has 174 valence electrons. The summed E-state index contributed by atoms with van der Waals surface area (Å²) in [5.74, 6) is 0.498. The standard InChI is InChI=1S/C21H21ClN4O4S3/c22-18-4-2-1-3-16(18)14-31-21-25-24-20(32-21)23-13-19(27)15-5-7-17(8-6-15)33(28,29)26-9-11-30-12-10-26/h1-8H,9-14H2,(H,23,24). The van der Waals surface area contributed by atoms with Gasteiger partial charge in [-0.2, -0.15) is 4.31 Å². The monoisotopic (exact) mass is 524 g/mol. The van der Waals surface area contributed by atoms with E-state index in [1.807, 2.05) is 24.3 Å². The summed E-state index contributed by atoms with van der Waals surface area (Å²) in [4.78, 5) is 12.7. The molecular weight excluding hydrogens is 504 g/mol. The van der Waals surface area contributed by atoms with Gasteiger partial charge in [-0.05, 0) is 35.9 Å². The lowest BCUT2D eigenvalue weighted by atomic mass is 10.1. The molecule has 0 saturated carbocycles. The predicted molar refractivity (Wildman–Crippen MR) is 130 cm³/mol. The number of sulfonamides is 1. The van der Waals surface area contributed by atoms with E-state index in [1.54, 1.807) is 0 Å². The van der Waals surface area contributed by atoms with Crippen LogP contribution in [0, 0.1) is 0 Å². The van der Waals surface area contributed by atoms with Crippen molar-refractivity contribution in [3.05, 3.63) is 64.7 Å². The minimum Gasteiger partial charge on any atom is -0.379 e. The van der Waals surface area contributed by atoms with Gasteiger partial charge in [0.2, 0.25) is 15.2 Å². The van der Waals surface area contributed by atoms with Gasteiger partial charge in [-0.3, -0.25) is 4.79 Å². The number of carbonyl (C=O) groups excluding carboxylic acids is 1. The smallest absolute Gasteiger partial charge is 0.243 e. The Kier molecular flexibility index (Phi) is 7.99. The summed E-state index contributed by atoms with van der Waals surface area (Å²) in [6, 6.07) is 13.6. The van der Waals surface area contributed by atoms with Crippen LogP contribution in [0.5, 0.6) is 0 Å². The molecule has 0 unspecified atom stereocenters. The van der Waals surface area contributed by atoms with Crippen molar-refractivity contribution >= 4 is 55.6 Å². The van der Waals surface area contributed by atoms with Gasteiger partial charge < -0.3 is 10.1 Å². The van der Waals surface area contributed by atoms with Crippen LogP contribution < -0.4 is 5.32 Å². The molecule has 1 aromatic heterocycles. The number of ketones is 1. The van der Waals surface area contributed by atoms with E-state index in [9.17, 15) is 13.2 Å². The molecule has 3 aromatic rings. The van der Waals surface area contributed by atoms with E-state index >= 15 is 0 Å². The van der Waals surface area contributed by atoms with Gasteiger partial charge in [0.1, 0.15) is 0 Å². The van der Waals surface area contributed by atoms with Gasteiger partial charge in [-0.25, -0.2) is 8.42 Å². The molecule has 1 aliphatic heterocycles. The first kappa shape index (κ1) is 24.1. The van der Waals surface area contributed by atoms with Crippen LogP contribution >= 0.6 is 34.7 Å². The van der Waals surface area contributed by atoms with Crippen molar-refractivity contribution in [3.8, 4) is 0 Å². The van der Waals surface area contributed by atoms with Crippen LogP contribution in [-0.2, 0) is 20.5 Å². The number of nitrogens with one attached hydrogen (secondary N) is 1. The quantitative estimate of drug-likeness (QED) is 0.333. The topological polar surface area (TPSA) is 101 Å². The minimum absolute atomic E-state index is 0.0272. The second kappa shape index (κ2) is 10.9. The van der Waals surface area contributed by atoms with Crippen molar-refractivity contribution in [1.82, 2.24) is 14.5 Å². The molecule has 12 heteroatoms. The average Bonchev–Trinajstić information content (AvgIpc) is 3.30. The van der Waals surface area contributed by atoms with Gasteiger partial charge in [0.25, 0.3) is 0 Å². The van der Waals surface area contributed by atoms with Crippen molar-refractivity contribution in [2.24, 2.45) is 0 Å². The minimum atomic E-state index is -3.59. The molecule has 1 fully saturated rings. The fourth-order valence-electron chi connectivity index (χ4n) is 3.10. The molecule has 1 aliphatic rings. The van der Waals surface area contributed by atoms with Crippen molar-refractivity contribution in [1.29, 1.82) is 0 Å². The fraction of sp³-hybridized carbons (Fsp3) is 0.286. The Hall–Kier alpha value is -2.02. The summed E-state index contributed by atoms with van der Waals surface area (Å²) in [5.41, 5.74) is 1.43. The number of halogens is 1. The first-order chi connectivity index (χ1) is 15.9. The largest absolute Gasteiger partial charge is 0.379 e. The highest BCUT2D eigenvalue weighted by Crippen LogP contribution is 2.30. The molecule has 1 N–H and O–H groups in total. The van der Waals surface area contributed by atoms with Crippen molar-refractivity contribution in [2.75, 3.05) is 38.2 Å². The van der Waals surface area contributed by atoms with Gasteiger partial charge in [-0.1, -0.05) is 52.9 Å². The number of thioether (sulfide) groups is 1. The normalized spacial score (nSPS) is 14.8. The van der Waals surface area contributed by atoms with E-state index in [1.165, 1.54) is 51.7 Å². The maximum absolute atomic E-state index is 12.7. The Bertz CT molecular complexity index is 1210. The van der Waals surface area contributed by atoms with Crippen LogP contribution in [0.15, 0.2) is 57.8 Å². The molecule has 2 heterocycles. The highest BCUT2D eigenvalue weighted by Gasteiger charge is 2.26. The Balaban J connectivity index is 1.30. The van der Waals surface area contributed by atoms with Crippen LogP contribution in [0.3, 0.4) is 0 Å².